The van der Waals surface area contributed by atoms with E-state index in [-0.39, 0.29) is 18.0 Å². The third kappa shape index (κ3) is 3.76. The highest BCUT2D eigenvalue weighted by Gasteiger charge is 2.10. The molecule has 4 heteroatoms. The Hall–Kier alpha value is -1.97. The molecule has 1 aromatic carbocycles. The fourth-order valence-electron chi connectivity index (χ4n) is 2.04. The molecule has 0 spiro atoms. The van der Waals surface area contributed by atoms with Crippen molar-refractivity contribution in [1.82, 2.24) is 9.78 Å². The van der Waals surface area contributed by atoms with E-state index in [0.717, 1.165) is 12.1 Å². The molecule has 0 fully saturated rings. The summed E-state index contributed by atoms with van der Waals surface area (Å²) in [6.45, 7) is 4.19. The number of aromatic nitrogens is 2. The smallest absolute Gasteiger partial charge is 0.143 e. The maximum Gasteiger partial charge on any atom is 0.143 e. The Morgan fingerprint density at radius 1 is 1.35 bits per heavy atom. The van der Waals surface area contributed by atoms with Crippen molar-refractivity contribution >= 4 is 5.78 Å². The molecule has 106 valence electrons. The van der Waals surface area contributed by atoms with E-state index < -0.39 is 0 Å². The quantitative estimate of drug-likeness (QED) is 0.809. The summed E-state index contributed by atoms with van der Waals surface area (Å²) < 4.78 is 14.9. The molecule has 0 saturated carbocycles. The second kappa shape index (κ2) is 6.46. The van der Waals surface area contributed by atoms with Gasteiger partial charge in [-0.25, -0.2) is 4.39 Å². The van der Waals surface area contributed by atoms with Crippen LogP contribution in [0.15, 0.2) is 36.5 Å². The van der Waals surface area contributed by atoms with E-state index in [1.54, 1.807) is 12.1 Å². The summed E-state index contributed by atoms with van der Waals surface area (Å²) >= 11 is 0. The summed E-state index contributed by atoms with van der Waals surface area (Å²) in [5.74, 6) is -0.263. The van der Waals surface area contributed by atoms with Crippen LogP contribution in [0.1, 0.15) is 37.6 Å². The first-order chi connectivity index (χ1) is 9.58. The first kappa shape index (κ1) is 14.4. The van der Waals surface area contributed by atoms with Gasteiger partial charge in [0.2, 0.25) is 0 Å². The lowest BCUT2D eigenvalue weighted by atomic mass is 10.1. The summed E-state index contributed by atoms with van der Waals surface area (Å²) in [7, 11) is 0. The van der Waals surface area contributed by atoms with Crippen molar-refractivity contribution in [1.29, 1.82) is 0 Å². The molecule has 0 saturated heterocycles. The van der Waals surface area contributed by atoms with Gasteiger partial charge in [0.25, 0.3) is 0 Å². The van der Waals surface area contributed by atoms with Gasteiger partial charge in [0.15, 0.2) is 0 Å². The molecule has 20 heavy (non-hydrogen) atoms. The third-order valence-corrected chi connectivity index (χ3v) is 3.37. The van der Waals surface area contributed by atoms with Gasteiger partial charge in [-0.15, -0.1) is 0 Å². The number of carbonyl (C=O) groups is 1. The molecular formula is C16H19FN2O. The number of hydrogen-bond donors (Lipinski definition) is 0. The third-order valence-electron chi connectivity index (χ3n) is 3.37. The van der Waals surface area contributed by atoms with Crippen LogP contribution in [0.4, 0.5) is 4.39 Å². The van der Waals surface area contributed by atoms with E-state index in [4.69, 9.17) is 0 Å². The molecule has 0 bridgehead atoms. The van der Waals surface area contributed by atoms with Crippen LogP contribution >= 0.6 is 0 Å². The van der Waals surface area contributed by atoms with Gasteiger partial charge in [0.1, 0.15) is 11.6 Å². The van der Waals surface area contributed by atoms with Gasteiger partial charge in [-0.1, -0.05) is 19.1 Å². The topological polar surface area (TPSA) is 34.9 Å². The molecule has 1 unspecified atom stereocenters. The van der Waals surface area contributed by atoms with Crippen molar-refractivity contribution < 1.29 is 9.18 Å². The number of halogens is 1. The molecule has 0 radical (unpaired) electrons. The fourth-order valence-corrected chi connectivity index (χ4v) is 2.04. The Morgan fingerprint density at radius 3 is 2.85 bits per heavy atom. The van der Waals surface area contributed by atoms with E-state index >= 15 is 0 Å². The standard InChI is InChI=1S/C16H19FN2O/c1-3-12(2)19-8-7-15(18-19)11-16(20)10-13-5-4-6-14(17)9-13/h4-9,12H,3,10-11H2,1-2H3. The summed E-state index contributed by atoms with van der Waals surface area (Å²) in [5, 5.41) is 4.40. The minimum Gasteiger partial charge on any atom is -0.299 e. The van der Waals surface area contributed by atoms with Crippen LogP contribution < -0.4 is 0 Å². The second-order valence-corrected chi connectivity index (χ2v) is 5.07. The predicted molar refractivity (Wildman–Crippen MR) is 76.0 cm³/mol. The Labute approximate surface area is 118 Å². The molecule has 0 amide bonds. The first-order valence-electron chi connectivity index (χ1n) is 6.88. The molecule has 0 aliphatic heterocycles. The molecule has 2 rings (SSSR count). The summed E-state index contributed by atoms with van der Waals surface area (Å²) in [6, 6.07) is 8.36. The van der Waals surface area contributed by atoms with Crippen LogP contribution in [0.2, 0.25) is 0 Å². The minimum atomic E-state index is -0.309. The van der Waals surface area contributed by atoms with Gasteiger partial charge in [-0.05, 0) is 37.1 Å². The average Bonchev–Trinajstić information content (AvgIpc) is 2.86. The molecule has 0 aliphatic rings. The molecule has 1 aromatic heterocycles. The first-order valence-corrected chi connectivity index (χ1v) is 6.88. The molecule has 0 aliphatic carbocycles. The summed E-state index contributed by atoms with van der Waals surface area (Å²) in [5.41, 5.74) is 1.48. The number of hydrogen-bond acceptors (Lipinski definition) is 2. The lowest BCUT2D eigenvalue weighted by Gasteiger charge is -2.08. The lowest BCUT2D eigenvalue weighted by molar-refractivity contribution is -0.117. The monoisotopic (exact) mass is 274 g/mol. The van der Waals surface area contributed by atoms with Crippen LogP contribution in [0.5, 0.6) is 0 Å². The van der Waals surface area contributed by atoms with Crippen molar-refractivity contribution in [3.05, 3.63) is 53.6 Å². The molecule has 1 atom stereocenters. The summed E-state index contributed by atoms with van der Waals surface area (Å²) in [6.07, 6.45) is 3.44. The van der Waals surface area contributed by atoms with Crippen molar-refractivity contribution in [3.8, 4) is 0 Å². The number of carbonyl (C=O) groups excluding carboxylic acids is 1. The zero-order valence-corrected chi connectivity index (χ0v) is 11.8. The maximum atomic E-state index is 13.0. The lowest BCUT2D eigenvalue weighted by Crippen LogP contribution is -2.09. The Morgan fingerprint density at radius 2 is 2.15 bits per heavy atom. The van der Waals surface area contributed by atoms with Crippen LogP contribution in [-0.4, -0.2) is 15.6 Å². The Bertz CT molecular complexity index is 592. The van der Waals surface area contributed by atoms with Gasteiger partial charge >= 0.3 is 0 Å². The van der Waals surface area contributed by atoms with Crippen LogP contribution in [0.3, 0.4) is 0 Å². The fraction of sp³-hybridized carbons (Fsp3) is 0.375. The van der Waals surface area contributed by atoms with Gasteiger partial charge in [0.05, 0.1) is 12.1 Å². The predicted octanol–water partition coefficient (Wildman–Crippen LogP) is 3.35. The number of Topliss-reactive ketones (excluding diaryl/α,β-unsaturated/α-hetero) is 1. The second-order valence-electron chi connectivity index (χ2n) is 5.07. The zero-order chi connectivity index (χ0) is 14.5. The van der Waals surface area contributed by atoms with E-state index in [0.29, 0.717) is 18.0 Å². The summed E-state index contributed by atoms with van der Waals surface area (Å²) in [4.78, 5) is 12.0. The van der Waals surface area contributed by atoms with Gasteiger partial charge in [-0.2, -0.15) is 5.10 Å². The molecule has 3 nitrogen and oxygen atoms in total. The van der Waals surface area contributed by atoms with Crippen molar-refractivity contribution in [2.24, 2.45) is 0 Å². The van der Waals surface area contributed by atoms with Gasteiger partial charge in [-0.3, -0.25) is 9.48 Å². The van der Waals surface area contributed by atoms with Crippen molar-refractivity contribution in [2.45, 2.75) is 39.2 Å². The highest BCUT2D eigenvalue weighted by atomic mass is 19.1. The van der Waals surface area contributed by atoms with Crippen LogP contribution in [0, 0.1) is 5.82 Å². The van der Waals surface area contributed by atoms with Gasteiger partial charge < -0.3 is 0 Å². The maximum absolute atomic E-state index is 13.0. The van der Waals surface area contributed by atoms with Crippen LogP contribution in [0.25, 0.3) is 0 Å². The highest BCUT2D eigenvalue weighted by Crippen LogP contribution is 2.11. The van der Waals surface area contributed by atoms with E-state index in [2.05, 4.69) is 18.9 Å². The van der Waals surface area contributed by atoms with Crippen molar-refractivity contribution in [3.63, 3.8) is 0 Å². The minimum absolute atomic E-state index is 0.0463. The largest absolute Gasteiger partial charge is 0.299 e. The SMILES string of the molecule is CCC(C)n1ccc(CC(=O)Cc2cccc(F)c2)n1. The molecule has 2 aromatic rings. The Kier molecular flexibility index (Phi) is 4.66. The molecular weight excluding hydrogens is 255 g/mol. The van der Waals surface area contributed by atoms with E-state index in [1.165, 1.54) is 12.1 Å². The molecule has 0 N–H and O–H groups in total. The van der Waals surface area contributed by atoms with Crippen LogP contribution in [-0.2, 0) is 17.6 Å². The Balaban J connectivity index is 1.96. The zero-order valence-electron chi connectivity index (χ0n) is 11.8. The van der Waals surface area contributed by atoms with E-state index in [1.807, 2.05) is 16.9 Å². The number of rotatable bonds is 6. The average molecular weight is 274 g/mol. The normalized spacial score (nSPS) is 12.3. The number of ketones is 1. The molecule has 1 heterocycles. The van der Waals surface area contributed by atoms with E-state index in [9.17, 15) is 9.18 Å². The van der Waals surface area contributed by atoms with Gasteiger partial charge in [0, 0.05) is 18.7 Å². The van der Waals surface area contributed by atoms with Crippen molar-refractivity contribution in [2.75, 3.05) is 0 Å². The number of nitrogens with zero attached hydrogens (tertiary/aromatic N) is 2. The highest BCUT2D eigenvalue weighted by molar-refractivity contribution is 5.82. The number of benzene rings is 1.